The average Bonchev–Trinajstić information content (AvgIpc) is 2.26. The topological polar surface area (TPSA) is 58.6 Å². The van der Waals surface area contributed by atoms with E-state index >= 15 is 0 Å². The first kappa shape index (κ1) is 14.5. The molecule has 0 aliphatic heterocycles. The third-order valence-corrected chi connectivity index (χ3v) is 2.73. The molecule has 4 nitrogen and oxygen atoms in total. The number of aryl methyl sites for hydroxylation is 1. The smallest absolute Gasteiger partial charge is 0.337 e. The van der Waals surface area contributed by atoms with Crippen LogP contribution in [0.5, 0.6) is 0 Å². The highest BCUT2D eigenvalue weighted by atomic mass is 16.5. The van der Waals surface area contributed by atoms with Crippen LogP contribution in [0.15, 0.2) is 18.2 Å². The maximum absolute atomic E-state index is 11.2. The van der Waals surface area contributed by atoms with Crippen molar-refractivity contribution in [3.05, 3.63) is 29.3 Å². The second kappa shape index (κ2) is 5.87. The number of nitrogens with one attached hydrogen (secondary N) is 1. The van der Waals surface area contributed by atoms with Crippen molar-refractivity contribution in [1.29, 1.82) is 0 Å². The zero-order chi connectivity index (χ0) is 13.8. The van der Waals surface area contributed by atoms with E-state index in [4.69, 9.17) is 9.84 Å². The minimum absolute atomic E-state index is 0.294. The third-order valence-electron chi connectivity index (χ3n) is 2.73. The molecule has 0 unspecified atom stereocenters. The van der Waals surface area contributed by atoms with E-state index in [1.54, 1.807) is 12.1 Å². The fourth-order valence-corrected chi connectivity index (χ4v) is 1.82. The Hall–Kier alpha value is -1.55. The molecule has 0 aliphatic rings. The van der Waals surface area contributed by atoms with Crippen molar-refractivity contribution in [2.75, 3.05) is 18.5 Å². The molecule has 1 aromatic rings. The van der Waals surface area contributed by atoms with E-state index in [9.17, 15) is 4.79 Å². The number of ether oxygens (including phenoxy) is 1. The van der Waals surface area contributed by atoms with Gasteiger partial charge in [-0.05, 0) is 39.3 Å². The molecule has 0 radical (unpaired) electrons. The van der Waals surface area contributed by atoms with Crippen LogP contribution in [0.25, 0.3) is 0 Å². The van der Waals surface area contributed by atoms with E-state index in [-0.39, 0.29) is 5.60 Å². The maximum atomic E-state index is 11.2. The number of carboxylic acids is 1. The number of para-hydroxylation sites is 1. The molecule has 0 atom stereocenters. The molecule has 0 fully saturated rings. The zero-order valence-electron chi connectivity index (χ0n) is 11.4. The number of hydrogen-bond donors (Lipinski definition) is 2. The molecule has 0 aromatic heterocycles. The summed E-state index contributed by atoms with van der Waals surface area (Å²) in [5.74, 6) is -0.921. The van der Waals surface area contributed by atoms with E-state index < -0.39 is 5.97 Å². The first-order chi connectivity index (χ1) is 8.37. The van der Waals surface area contributed by atoms with Crippen molar-refractivity contribution in [2.45, 2.75) is 33.3 Å². The predicted octanol–water partition coefficient (Wildman–Crippen LogP) is 2.92. The SMILES string of the molecule is CCOC(C)(C)CNc1c(C)cccc1C(=O)O. The number of rotatable bonds is 6. The molecule has 0 saturated carbocycles. The Bertz CT molecular complexity index is 427. The lowest BCUT2D eigenvalue weighted by molar-refractivity contribution is 0.000654. The lowest BCUT2D eigenvalue weighted by Gasteiger charge is -2.26. The number of carbonyl (C=O) groups is 1. The molecular weight excluding hydrogens is 230 g/mol. The molecule has 4 heteroatoms. The number of carboxylic acid groups (broad SMARTS) is 1. The summed E-state index contributed by atoms with van der Waals surface area (Å²) in [7, 11) is 0. The highest BCUT2D eigenvalue weighted by Crippen LogP contribution is 2.22. The molecule has 0 heterocycles. The van der Waals surface area contributed by atoms with Crippen LogP contribution in [0.2, 0.25) is 0 Å². The van der Waals surface area contributed by atoms with E-state index in [2.05, 4.69) is 5.32 Å². The Morgan fingerprint density at radius 1 is 1.44 bits per heavy atom. The van der Waals surface area contributed by atoms with Crippen molar-refractivity contribution in [3.8, 4) is 0 Å². The van der Waals surface area contributed by atoms with Gasteiger partial charge in [-0.1, -0.05) is 12.1 Å². The van der Waals surface area contributed by atoms with Crippen LogP contribution in [-0.2, 0) is 4.74 Å². The van der Waals surface area contributed by atoms with Crippen molar-refractivity contribution in [2.24, 2.45) is 0 Å². The molecule has 2 N–H and O–H groups in total. The summed E-state index contributed by atoms with van der Waals surface area (Å²) < 4.78 is 5.58. The standard InChI is InChI=1S/C14H21NO3/c1-5-18-14(3,4)9-15-12-10(2)7-6-8-11(12)13(16)17/h6-8,15H,5,9H2,1-4H3,(H,16,17). The molecule has 0 amide bonds. The Labute approximate surface area is 108 Å². The Balaban J connectivity index is 2.87. The summed E-state index contributed by atoms with van der Waals surface area (Å²) in [4.78, 5) is 11.2. The van der Waals surface area contributed by atoms with E-state index in [0.717, 1.165) is 5.56 Å². The zero-order valence-corrected chi connectivity index (χ0v) is 11.4. The summed E-state index contributed by atoms with van der Waals surface area (Å²) in [6, 6.07) is 5.24. The lowest BCUT2D eigenvalue weighted by atomic mass is 10.1. The van der Waals surface area contributed by atoms with Crippen LogP contribution in [0.1, 0.15) is 36.7 Å². The first-order valence-corrected chi connectivity index (χ1v) is 6.08. The van der Waals surface area contributed by atoms with Gasteiger partial charge in [0.1, 0.15) is 0 Å². The fourth-order valence-electron chi connectivity index (χ4n) is 1.82. The fraction of sp³-hybridized carbons (Fsp3) is 0.500. The third kappa shape index (κ3) is 3.74. The number of aromatic carboxylic acids is 1. The molecule has 1 aromatic carbocycles. The molecule has 0 spiro atoms. The number of anilines is 1. The molecule has 1 rings (SSSR count). The van der Waals surface area contributed by atoms with Crippen LogP contribution < -0.4 is 5.32 Å². The van der Waals surface area contributed by atoms with Gasteiger partial charge >= 0.3 is 5.97 Å². The first-order valence-electron chi connectivity index (χ1n) is 6.08. The number of benzene rings is 1. The minimum Gasteiger partial charge on any atom is -0.478 e. The van der Waals surface area contributed by atoms with Gasteiger partial charge in [-0.25, -0.2) is 4.79 Å². The summed E-state index contributed by atoms with van der Waals surface area (Å²) in [6.45, 7) is 8.98. The largest absolute Gasteiger partial charge is 0.478 e. The highest BCUT2D eigenvalue weighted by Gasteiger charge is 2.19. The second-order valence-electron chi connectivity index (χ2n) is 4.85. The van der Waals surface area contributed by atoms with Gasteiger partial charge in [0.05, 0.1) is 16.9 Å². The number of hydrogen-bond acceptors (Lipinski definition) is 3. The Morgan fingerprint density at radius 3 is 2.67 bits per heavy atom. The van der Waals surface area contributed by atoms with Gasteiger partial charge in [0, 0.05) is 13.2 Å². The van der Waals surface area contributed by atoms with E-state index in [0.29, 0.717) is 24.4 Å². The molecule has 18 heavy (non-hydrogen) atoms. The maximum Gasteiger partial charge on any atom is 0.337 e. The molecular formula is C14H21NO3. The van der Waals surface area contributed by atoms with Gasteiger partial charge in [-0.15, -0.1) is 0 Å². The van der Waals surface area contributed by atoms with Gasteiger partial charge < -0.3 is 15.2 Å². The molecule has 100 valence electrons. The van der Waals surface area contributed by atoms with Crippen molar-refractivity contribution in [3.63, 3.8) is 0 Å². The van der Waals surface area contributed by atoms with Crippen LogP contribution in [0, 0.1) is 6.92 Å². The van der Waals surface area contributed by atoms with Crippen LogP contribution >= 0.6 is 0 Å². The van der Waals surface area contributed by atoms with Crippen molar-refractivity contribution >= 4 is 11.7 Å². The summed E-state index contributed by atoms with van der Waals surface area (Å²) >= 11 is 0. The predicted molar refractivity (Wildman–Crippen MR) is 72.3 cm³/mol. The summed E-state index contributed by atoms with van der Waals surface area (Å²) in [5, 5.41) is 12.3. The van der Waals surface area contributed by atoms with Gasteiger partial charge in [-0.3, -0.25) is 0 Å². The summed E-state index contributed by atoms with van der Waals surface area (Å²) in [5.41, 5.74) is 1.55. The van der Waals surface area contributed by atoms with E-state index in [1.807, 2.05) is 33.8 Å². The second-order valence-corrected chi connectivity index (χ2v) is 4.85. The van der Waals surface area contributed by atoms with Gasteiger partial charge in [0.15, 0.2) is 0 Å². The molecule has 0 bridgehead atoms. The van der Waals surface area contributed by atoms with Gasteiger partial charge in [0.25, 0.3) is 0 Å². The average molecular weight is 251 g/mol. The normalized spacial score (nSPS) is 11.3. The highest BCUT2D eigenvalue weighted by molar-refractivity contribution is 5.95. The molecule has 0 saturated heterocycles. The van der Waals surface area contributed by atoms with E-state index in [1.165, 1.54) is 0 Å². The van der Waals surface area contributed by atoms with Gasteiger partial charge in [0.2, 0.25) is 0 Å². The van der Waals surface area contributed by atoms with Gasteiger partial charge in [-0.2, -0.15) is 0 Å². The Kier molecular flexibility index (Phi) is 4.73. The van der Waals surface area contributed by atoms with Crippen LogP contribution in [-0.4, -0.2) is 29.8 Å². The molecule has 0 aliphatic carbocycles. The quantitative estimate of drug-likeness (QED) is 0.816. The van der Waals surface area contributed by atoms with Crippen molar-refractivity contribution in [1.82, 2.24) is 0 Å². The Morgan fingerprint density at radius 2 is 2.11 bits per heavy atom. The van der Waals surface area contributed by atoms with Crippen LogP contribution in [0.3, 0.4) is 0 Å². The summed E-state index contributed by atoms with van der Waals surface area (Å²) in [6.07, 6.45) is 0. The lowest BCUT2D eigenvalue weighted by Crippen LogP contribution is -2.34. The van der Waals surface area contributed by atoms with Crippen molar-refractivity contribution < 1.29 is 14.6 Å². The monoisotopic (exact) mass is 251 g/mol. The minimum atomic E-state index is -0.921. The van der Waals surface area contributed by atoms with Crippen LogP contribution in [0.4, 0.5) is 5.69 Å².